The average molecular weight is 439 g/mol. The van der Waals surface area contributed by atoms with Gasteiger partial charge >= 0.3 is 0 Å². The number of aryl methyl sites for hydroxylation is 1. The maximum Gasteiger partial charge on any atom is 0.264 e. The summed E-state index contributed by atoms with van der Waals surface area (Å²) in [6.45, 7) is -0.149. The fraction of sp³-hybridized carbons (Fsp3) is 0.238. The Kier molecular flexibility index (Phi) is 6.08. The minimum Gasteiger partial charge on any atom is -0.483 e. The molecule has 1 aliphatic rings. The molecule has 1 aliphatic carbocycles. The van der Waals surface area contributed by atoms with Crippen LogP contribution in [0.4, 0.5) is 11.6 Å². The number of benzene rings is 1. The lowest BCUT2D eigenvalue weighted by Gasteiger charge is -2.18. The third-order valence-corrected chi connectivity index (χ3v) is 6.14. The number of amides is 1. The molecule has 0 atom stereocenters. The molecule has 0 aliphatic heterocycles. The third-order valence-electron chi connectivity index (χ3n) is 4.79. The van der Waals surface area contributed by atoms with E-state index in [0.717, 1.165) is 36.9 Å². The van der Waals surface area contributed by atoms with E-state index in [2.05, 4.69) is 25.0 Å². The molecule has 2 aromatic heterocycles. The topological polar surface area (TPSA) is 123 Å². The number of hydrogen-bond acceptors (Lipinski definition) is 7. The van der Waals surface area contributed by atoms with Gasteiger partial charge in [-0.05, 0) is 62.1 Å². The van der Waals surface area contributed by atoms with Crippen molar-refractivity contribution in [2.45, 2.75) is 30.6 Å². The van der Waals surface area contributed by atoms with Crippen molar-refractivity contribution in [3.63, 3.8) is 0 Å². The molecule has 2 heterocycles. The van der Waals surface area contributed by atoms with Crippen molar-refractivity contribution >= 4 is 27.6 Å². The van der Waals surface area contributed by atoms with E-state index in [4.69, 9.17) is 4.74 Å². The monoisotopic (exact) mass is 439 g/mol. The molecule has 4 rings (SSSR count). The highest BCUT2D eigenvalue weighted by Crippen LogP contribution is 2.27. The second kappa shape index (κ2) is 9.09. The standard InChI is InChI=1S/C21H21N5O4S/c27-20(14-30-19-10-13-22-18-5-2-1-4-17(18)19)25-15-6-8-16(9-7-15)31(28,29)26-21-23-11-3-12-24-21/h3,6-13H,1-2,4-5,14H2,(H,25,27)(H,23,24,26). The van der Waals surface area contributed by atoms with Crippen molar-refractivity contribution in [1.29, 1.82) is 0 Å². The Bertz CT molecular complexity index is 1170. The van der Waals surface area contributed by atoms with Gasteiger partial charge in [0, 0.05) is 35.5 Å². The first-order valence-corrected chi connectivity index (χ1v) is 11.3. The van der Waals surface area contributed by atoms with Gasteiger partial charge in [-0.1, -0.05) is 0 Å². The zero-order chi connectivity index (χ0) is 21.7. The number of ether oxygens (including phenoxy) is 1. The Morgan fingerprint density at radius 2 is 1.71 bits per heavy atom. The summed E-state index contributed by atoms with van der Waals surface area (Å²) in [5, 5.41) is 2.70. The minimum absolute atomic E-state index is 0.0182. The summed E-state index contributed by atoms with van der Waals surface area (Å²) >= 11 is 0. The summed E-state index contributed by atoms with van der Waals surface area (Å²) in [6, 6.07) is 9.16. The molecule has 0 bridgehead atoms. The fourth-order valence-electron chi connectivity index (χ4n) is 3.32. The van der Waals surface area contributed by atoms with E-state index < -0.39 is 10.0 Å². The lowest BCUT2D eigenvalue weighted by Crippen LogP contribution is -2.21. The van der Waals surface area contributed by atoms with E-state index >= 15 is 0 Å². The second-order valence-corrected chi connectivity index (χ2v) is 8.66. The number of rotatable bonds is 7. The van der Waals surface area contributed by atoms with E-state index in [0.29, 0.717) is 11.4 Å². The highest BCUT2D eigenvalue weighted by atomic mass is 32.2. The van der Waals surface area contributed by atoms with Crippen LogP contribution in [0.3, 0.4) is 0 Å². The Hall–Kier alpha value is -3.53. The largest absolute Gasteiger partial charge is 0.483 e. The maximum atomic E-state index is 12.4. The quantitative estimate of drug-likeness (QED) is 0.580. The highest BCUT2D eigenvalue weighted by Gasteiger charge is 2.17. The lowest BCUT2D eigenvalue weighted by molar-refractivity contribution is -0.118. The Morgan fingerprint density at radius 1 is 0.968 bits per heavy atom. The van der Waals surface area contributed by atoms with Crippen molar-refractivity contribution in [2.24, 2.45) is 0 Å². The predicted molar refractivity (Wildman–Crippen MR) is 114 cm³/mol. The van der Waals surface area contributed by atoms with Crippen LogP contribution < -0.4 is 14.8 Å². The number of hydrogen-bond donors (Lipinski definition) is 2. The number of fused-ring (bicyclic) bond motifs is 1. The third kappa shape index (κ3) is 5.15. The van der Waals surface area contributed by atoms with Crippen molar-refractivity contribution in [3.05, 3.63) is 66.2 Å². The molecule has 160 valence electrons. The first kappa shape index (κ1) is 20.7. The molecular formula is C21H21N5O4S. The van der Waals surface area contributed by atoms with E-state index in [9.17, 15) is 13.2 Å². The van der Waals surface area contributed by atoms with Gasteiger partial charge in [-0.25, -0.2) is 23.1 Å². The van der Waals surface area contributed by atoms with Gasteiger partial charge in [-0.2, -0.15) is 0 Å². The molecule has 9 nitrogen and oxygen atoms in total. The molecule has 1 amide bonds. The van der Waals surface area contributed by atoms with Crippen LogP contribution in [-0.4, -0.2) is 35.9 Å². The van der Waals surface area contributed by atoms with Gasteiger partial charge in [-0.3, -0.25) is 9.78 Å². The van der Waals surface area contributed by atoms with Gasteiger partial charge in [-0.15, -0.1) is 0 Å². The number of anilines is 2. The van der Waals surface area contributed by atoms with E-state index in [1.807, 2.05) is 0 Å². The number of nitrogens with one attached hydrogen (secondary N) is 2. The van der Waals surface area contributed by atoms with Gasteiger partial charge in [0.15, 0.2) is 6.61 Å². The van der Waals surface area contributed by atoms with Gasteiger partial charge in [0.2, 0.25) is 5.95 Å². The Morgan fingerprint density at radius 3 is 2.48 bits per heavy atom. The SMILES string of the molecule is O=C(COc1ccnc2c1CCCC2)Nc1ccc(S(=O)(=O)Nc2ncccn2)cc1. The van der Waals surface area contributed by atoms with E-state index in [1.54, 1.807) is 18.3 Å². The van der Waals surface area contributed by atoms with Crippen molar-refractivity contribution in [1.82, 2.24) is 15.0 Å². The highest BCUT2D eigenvalue weighted by molar-refractivity contribution is 7.92. The molecule has 10 heteroatoms. The molecule has 2 N–H and O–H groups in total. The predicted octanol–water partition coefficient (Wildman–Crippen LogP) is 2.57. The van der Waals surface area contributed by atoms with Gasteiger partial charge in [0.1, 0.15) is 5.75 Å². The summed E-state index contributed by atoms with van der Waals surface area (Å²) in [7, 11) is -3.83. The van der Waals surface area contributed by atoms with Gasteiger partial charge in [0.05, 0.1) is 4.90 Å². The van der Waals surface area contributed by atoms with Gasteiger partial charge < -0.3 is 10.1 Å². The zero-order valence-electron chi connectivity index (χ0n) is 16.6. The smallest absolute Gasteiger partial charge is 0.264 e. The van der Waals surface area contributed by atoms with Crippen molar-refractivity contribution in [2.75, 3.05) is 16.6 Å². The van der Waals surface area contributed by atoms with E-state index in [-0.39, 0.29) is 23.4 Å². The average Bonchev–Trinajstić information content (AvgIpc) is 2.78. The number of sulfonamides is 1. The molecule has 3 aromatic rings. The second-order valence-electron chi connectivity index (χ2n) is 6.98. The molecule has 0 fully saturated rings. The van der Waals surface area contributed by atoms with Gasteiger partial charge in [0.25, 0.3) is 15.9 Å². The van der Waals surface area contributed by atoms with Crippen molar-refractivity contribution in [3.8, 4) is 5.75 Å². The van der Waals surface area contributed by atoms with Crippen molar-refractivity contribution < 1.29 is 17.9 Å². The summed E-state index contributed by atoms with van der Waals surface area (Å²) in [6.07, 6.45) is 8.61. The molecule has 0 spiro atoms. The van der Waals surface area contributed by atoms with Crippen LogP contribution in [0.15, 0.2) is 59.9 Å². The number of pyridine rings is 1. The van der Waals surface area contributed by atoms with Crippen LogP contribution in [0.2, 0.25) is 0 Å². The maximum absolute atomic E-state index is 12.4. The number of aromatic nitrogens is 3. The summed E-state index contributed by atoms with van der Waals surface area (Å²) < 4.78 is 32.8. The van der Waals surface area contributed by atoms with Crippen LogP contribution in [0, 0.1) is 0 Å². The molecule has 0 saturated carbocycles. The van der Waals surface area contributed by atoms with Crippen LogP contribution in [0.25, 0.3) is 0 Å². The first-order chi connectivity index (χ1) is 15.0. The Labute approximate surface area is 180 Å². The molecule has 0 unspecified atom stereocenters. The fourth-order valence-corrected chi connectivity index (χ4v) is 4.27. The molecule has 31 heavy (non-hydrogen) atoms. The lowest BCUT2D eigenvalue weighted by atomic mass is 9.95. The van der Waals surface area contributed by atoms with Crippen LogP contribution in [0.1, 0.15) is 24.1 Å². The van der Waals surface area contributed by atoms with E-state index in [1.165, 1.54) is 36.7 Å². The Balaban J connectivity index is 1.35. The molecule has 0 radical (unpaired) electrons. The molecular weight excluding hydrogens is 418 g/mol. The van der Waals surface area contributed by atoms with Crippen LogP contribution in [0.5, 0.6) is 5.75 Å². The molecule has 0 saturated heterocycles. The van der Waals surface area contributed by atoms with Crippen LogP contribution >= 0.6 is 0 Å². The number of carbonyl (C=O) groups excluding carboxylic acids is 1. The van der Waals surface area contributed by atoms with Crippen LogP contribution in [-0.2, 0) is 27.7 Å². The zero-order valence-corrected chi connectivity index (χ0v) is 17.4. The number of nitrogens with zero attached hydrogens (tertiary/aromatic N) is 3. The minimum atomic E-state index is -3.83. The summed E-state index contributed by atoms with van der Waals surface area (Å²) in [4.78, 5) is 24.4. The normalized spacial score (nSPS) is 13.2. The summed E-state index contributed by atoms with van der Waals surface area (Å²) in [5.41, 5.74) is 2.57. The number of carbonyl (C=O) groups is 1. The summed E-state index contributed by atoms with van der Waals surface area (Å²) in [5.74, 6) is 0.332. The molecule has 1 aromatic carbocycles. The first-order valence-electron chi connectivity index (χ1n) is 9.80.